The van der Waals surface area contributed by atoms with Gasteiger partial charge in [-0.3, -0.25) is 14.5 Å². The highest BCUT2D eigenvalue weighted by Gasteiger charge is 2.21. The topological polar surface area (TPSA) is 107 Å². The Bertz CT molecular complexity index is 1560. The van der Waals surface area contributed by atoms with E-state index < -0.39 is 0 Å². The number of benzene rings is 2. The van der Waals surface area contributed by atoms with E-state index in [0.717, 1.165) is 5.75 Å². The van der Waals surface area contributed by atoms with Gasteiger partial charge in [0.15, 0.2) is 17.1 Å². The van der Waals surface area contributed by atoms with Crippen molar-refractivity contribution in [3.8, 4) is 17.2 Å². The summed E-state index contributed by atoms with van der Waals surface area (Å²) in [6.07, 6.45) is 2.95. The molecule has 3 aromatic heterocycles. The third-order valence-electron chi connectivity index (χ3n) is 5.44. The van der Waals surface area contributed by atoms with Crippen molar-refractivity contribution in [1.29, 1.82) is 0 Å². The first-order chi connectivity index (χ1) is 16.2. The zero-order valence-electron chi connectivity index (χ0n) is 17.2. The highest BCUT2D eigenvalue weighted by molar-refractivity contribution is 6.30. The molecule has 1 unspecified atom stereocenters. The number of fused-ring (bicyclic) bond motifs is 4. The fourth-order valence-corrected chi connectivity index (χ4v) is 4.08. The molecule has 4 heterocycles. The number of rotatable bonds is 4. The van der Waals surface area contributed by atoms with E-state index in [-0.39, 0.29) is 11.7 Å². The largest absolute Gasteiger partial charge is 0.486 e. The lowest BCUT2D eigenvalue weighted by molar-refractivity contribution is 0.0996. The van der Waals surface area contributed by atoms with Crippen molar-refractivity contribution in [2.24, 2.45) is 0 Å². The smallest absolute Gasteiger partial charge is 0.267 e. The van der Waals surface area contributed by atoms with Crippen molar-refractivity contribution in [2.45, 2.75) is 6.10 Å². The molecule has 0 saturated carbocycles. The van der Waals surface area contributed by atoms with Crippen molar-refractivity contribution in [3.63, 3.8) is 0 Å². The SMILES string of the molecule is O=c1c2cn[nH]c2c2cnc(NCC3COc4ccccc4O3)nc2n1-c1cccc(Cl)c1. The van der Waals surface area contributed by atoms with Crippen molar-refractivity contribution in [3.05, 3.63) is 76.3 Å². The second kappa shape index (κ2) is 7.79. The lowest BCUT2D eigenvalue weighted by atomic mass is 10.2. The number of halogens is 1. The molecular weight excluding hydrogens is 444 g/mol. The summed E-state index contributed by atoms with van der Waals surface area (Å²) < 4.78 is 13.3. The number of hydrogen-bond acceptors (Lipinski definition) is 7. The van der Waals surface area contributed by atoms with Gasteiger partial charge in [-0.25, -0.2) is 4.98 Å². The van der Waals surface area contributed by atoms with Crippen LogP contribution in [0, 0.1) is 0 Å². The van der Waals surface area contributed by atoms with E-state index in [9.17, 15) is 4.79 Å². The zero-order chi connectivity index (χ0) is 22.4. The van der Waals surface area contributed by atoms with E-state index >= 15 is 0 Å². The van der Waals surface area contributed by atoms with Gasteiger partial charge in [0.05, 0.1) is 34.7 Å². The Morgan fingerprint density at radius 2 is 2.00 bits per heavy atom. The van der Waals surface area contributed by atoms with Crippen LogP contribution in [0.1, 0.15) is 0 Å². The van der Waals surface area contributed by atoms with Gasteiger partial charge in [-0.1, -0.05) is 29.8 Å². The molecule has 0 aliphatic carbocycles. The predicted molar refractivity (Wildman–Crippen MR) is 125 cm³/mol. The van der Waals surface area contributed by atoms with Gasteiger partial charge in [0.25, 0.3) is 5.56 Å². The minimum Gasteiger partial charge on any atom is -0.486 e. The summed E-state index contributed by atoms with van der Waals surface area (Å²) >= 11 is 6.19. The monoisotopic (exact) mass is 460 g/mol. The van der Waals surface area contributed by atoms with Crippen LogP contribution in [0.25, 0.3) is 27.6 Å². The Kier molecular flexibility index (Phi) is 4.62. The van der Waals surface area contributed by atoms with Crippen LogP contribution in [0.15, 0.2) is 65.7 Å². The van der Waals surface area contributed by atoms with Crippen molar-refractivity contribution >= 4 is 39.5 Å². The fourth-order valence-electron chi connectivity index (χ4n) is 3.90. The molecule has 6 rings (SSSR count). The molecule has 33 heavy (non-hydrogen) atoms. The van der Waals surface area contributed by atoms with Gasteiger partial charge in [-0.05, 0) is 30.3 Å². The van der Waals surface area contributed by atoms with Gasteiger partial charge in [-0.15, -0.1) is 0 Å². The van der Waals surface area contributed by atoms with Crippen molar-refractivity contribution in [1.82, 2.24) is 24.7 Å². The first-order valence-electron chi connectivity index (χ1n) is 10.3. The van der Waals surface area contributed by atoms with Gasteiger partial charge in [0.2, 0.25) is 5.95 Å². The van der Waals surface area contributed by atoms with Crippen LogP contribution >= 0.6 is 11.6 Å². The molecule has 0 bridgehead atoms. The average molecular weight is 461 g/mol. The Morgan fingerprint density at radius 3 is 2.88 bits per heavy atom. The Morgan fingerprint density at radius 1 is 1.12 bits per heavy atom. The molecule has 0 saturated heterocycles. The summed E-state index contributed by atoms with van der Waals surface area (Å²) in [5.74, 6) is 1.79. The van der Waals surface area contributed by atoms with Crippen LogP contribution in [0.2, 0.25) is 5.02 Å². The highest BCUT2D eigenvalue weighted by atomic mass is 35.5. The third-order valence-corrected chi connectivity index (χ3v) is 5.68. The van der Waals surface area contributed by atoms with Gasteiger partial charge in [0.1, 0.15) is 12.7 Å². The minimum absolute atomic E-state index is 0.218. The second-order valence-corrected chi connectivity index (χ2v) is 8.02. The molecule has 1 aliphatic rings. The van der Waals surface area contributed by atoms with Gasteiger partial charge in [-0.2, -0.15) is 10.1 Å². The maximum atomic E-state index is 13.3. The van der Waals surface area contributed by atoms with Crippen LogP contribution in [0.5, 0.6) is 11.5 Å². The summed E-state index contributed by atoms with van der Waals surface area (Å²) in [7, 11) is 0. The second-order valence-electron chi connectivity index (χ2n) is 7.59. The first-order valence-corrected chi connectivity index (χ1v) is 10.7. The maximum absolute atomic E-state index is 13.3. The standard InChI is InChI=1S/C23H17ClN6O3/c24-13-4-3-5-14(8-13)30-21-16(20-17(22(30)31)11-27-29-20)10-26-23(28-21)25-9-15-12-32-18-6-1-2-7-19(18)33-15/h1-8,10-11,15H,9,12H2,(H,27,29)(H,25,26,28). The zero-order valence-corrected chi connectivity index (χ0v) is 17.9. The average Bonchev–Trinajstić information content (AvgIpc) is 3.33. The molecule has 164 valence electrons. The van der Waals surface area contributed by atoms with Crippen LogP contribution in [-0.4, -0.2) is 44.0 Å². The van der Waals surface area contributed by atoms with E-state index in [0.29, 0.717) is 57.5 Å². The number of aromatic nitrogens is 5. The molecule has 0 spiro atoms. The normalized spacial score (nSPS) is 15.1. The van der Waals surface area contributed by atoms with Crippen molar-refractivity contribution < 1.29 is 9.47 Å². The fraction of sp³-hybridized carbons (Fsp3) is 0.130. The predicted octanol–water partition coefficient (Wildman–Crippen LogP) is 3.56. The molecule has 0 radical (unpaired) electrons. The number of anilines is 1. The van der Waals surface area contributed by atoms with Gasteiger partial charge in [0, 0.05) is 11.2 Å². The quantitative estimate of drug-likeness (QED) is 0.422. The summed E-state index contributed by atoms with van der Waals surface area (Å²) in [5.41, 5.74) is 1.37. The third kappa shape index (κ3) is 3.42. The molecule has 2 aromatic carbocycles. The first kappa shape index (κ1) is 19.6. The molecular formula is C23H17ClN6O3. The van der Waals surface area contributed by atoms with Gasteiger partial charge < -0.3 is 14.8 Å². The van der Waals surface area contributed by atoms with E-state index in [2.05, 4.69) is 25.5 Å². The number of pyridine rings is 1. The number of H-pyrrole nitrogens is 1. The molecule has 0 fully saturated rings. The number of nitrogens with zero attached hydrogens (tertiary/aromatic N) is 4. The molecule has 5 aromatic rings. The molecule has 1 aliphatic heterocycles. The van der Waals surface area contributed by atoms with E-state index in [1.807, 2.05) is 24.3 Å². The minimum atomic E-state index is -0.251. The number of ether oxygens (including phenoxy) is 2. The Balaban J connectivity index is 1.38. The molecule has 1 atom stereocenters. The highest BCUT2D eigenvalue weighted by Crippen LogP contribution is 2.31. The summed E-state index contributed by atoms with van der Waals surface area (Å²) in [6.45, 7) is 0.827. The van der Waals surface area contributed by atoms with Crippen LogP contribution in [0.4, 0.5) is 5.95 Å². The Hall–Kier alpha value is -4.11. The molecule has 0 amide bonds. The number of para-hydroxylation sites is 2. The van der Waals surface area contributed by atoms with Gasteiger partial charge >= 0.3 is 0 Å². The molecule has 10 heteroatoms. The molecule has 2 N–H and O–H groups in total. The number of nitrogens with one attached hydrogen (secondary N) is 2. The van der Waals surface area contributed by atoms with E-state index in [4.69, 9.17) is 21.1 Å². The molecule has 9 nitrogen and oxygen atoms in total. The van der Waals surface area contributed by atoms with Crippen LogP contribution in [-0.2, 0) is 0 Å². The number of aromatic amines is 1. The lowest BCUT2D eigenvalue weighted by Gasteiger charge is -2.26. The van der Waals surface area contributed by atoms with E-state index in [1.54, 1.807) is 30.5 Å². The maximum Gasteiger partial charge on any atom is 0.267 e. The summed E-state index contributed by atoms with van der Waals surface area (Å²) in [4.78, 5) is 22.4. The lowest BCUT2D eigenvalue weighted by Crippen LogP contribution is -2.35. The summed E-state index contributed by atoms with van der Waals surface area (Å²) in [6, 6.07) is 14.6. The summed E-state index contributed by atoms with van der Waals surface area (Å²) in [5, 5.41) is 11.7. The van der Waals surface area contributed by atoms with E-state index in [1.165, 1.54) is 10.8 Å². The number of hydrogen-bond donors (Lipinski definition) is 2. The van der Waals surface area contributed by atoms with Crippen LogP contribution < -0.4 is 20.3 Å². The Labute approximate surface area is 192 Å². The van der Waals surface area contributed by atoms with Crippen LogP contribution in [0.3, 0.4) is 0 Å². The van der Waals surface area contributed by atoms with Crippen molar-refractivity contribution in [2.75, 3.05) is 18.5 Å².